The highest BCUT2D eigenvalue weighted by Gasteiger charge is 2.30. The number of nitrogens with zero attached hydrogens (tertiary/aromatic N) is 1. The van der Waals surface area contributed by atoms with E-state index in [1.165, 1.54) is 12.3 Å². The number of carbonyl (C=O) groups is 3. The number of aromatic nitrogens is 1. The van der Waals surface area contributed by atoms with Crippen molar-refractivity contribution in [3.05, 3.63) is 88.7 Å². The van der Waals surface area contributed by atoms with Gasteiger partial charge in [-0.15, -0.1) is 0 Å². The van der Waals surface area contributed by atoms with E-state index in [2.05, 4.69) is 10.3 Å². The maximum Gasteiger partial charge on any atom is 0.338 e. The van der Waals surface area contributed by atoms with Crippen LogP contribution in [-0.2, 0) is 20.7 Å². The average Bonchev–Trinajstić information content (AvgIpc) is 2.89. The number of benzene rings is 2. The second kappa shape index (κ2) is 12.8. The predicted octanol–water partition coefficient (Wildman–Crippen LogP) is 3.84. The number of rotatable bonds is 10. The molecule has 2 N–H and O–H groups in total. The molecule has 0 aliphatic carbocycles. The molecule has 1 aromatic heterocycles. The van der Waals surface area contributed by atoms with E-state index in [1.807, 2.05) is 0 Å². The Kier molecular flexibility index (Phi) is 9.55. The fourth-order valence-electron chi connectivity index (χ4n) is 3.62. The van der Waals surface area contributed by atoms with E-state index in [4.69, 9.17) is 21.1 Å². The largest absolute Gasteiger partial charge is 0.464 e. The zero-order chi connectivity index (χ0) is 26.1. The lowest BCUT2D eigenvalue weighted by Gasteiger charge is -2.23. The van der Waals surface area contributed by atoms with Gasteiger partial charge in [-0.2, -0.15) is 0 Å². The van der Waals surface area contributed by atoms with Gasteiger partial charge >= 0.3 is 11.9 Å². The van der Waals surface area contributed by atoms with Crippen molar-refractivity contribution < 1.29 is 29.0 Å². The van der Waals surface area contributed by atoms with E-state index >= 15 is 0 Å². The Balaban J connectivity index is 1.89. The predicted molar refractivity (Wildman–Crippen MR) is 135 cm³/mol. The van der Waals surface area contributed by atoms with Crippen LogP contribution in [-0.4, -0.2) is 53.3 Å². The first-order chi connectivity index (χ1) is 17.3. The molecule has 0 aliphatic heterocycles. The lowest BCUT2D eigenvalue weighted by Crippen LogP contribution is -2.49. The number of aliphatic hydroxyl groups excluding tert-OH is 1. The van der Waals surface area contributed by atoms with E-state index in [-0.39, 0.29) is 25.3 Å². The van der Waals surface area contributed by atoms with Gasteiger partial charge in [0.25, 0.3) is 5.91 Å². The molecule has 8 nitrogen and oxygen atoms in total. The van der Waals surface area contributed by atoms with Crippen LogP contribution >= 0.6 is 11.6 Å². The topological polar surface area (TPSA) is 115 Å². The van der Waals surface area contributed by atoms with Gasteiger partial charge in [-0.25, -0.2) is 9.59 Å². The Hall–Kier alpha value is -3.75. The van der Waals surface area contributed by atoms with E-state index in [9.17, 15) is 19.5 Å². The van der Waals surface area contributed by atoms with Crippen molar-refractivity contribution in [2.45, 2.75) is 32.4 Å². The van der Waals surface area contributed by atoms with Crippen molar-refractivity contribution in [2.75, 3.05) is 13.2 Å². The molecule has 0 fully saturated rings. The summed E-state index contributed by atoms with van der Waals surface area (Å²) in [6, 6.07) is 16.0. The number of nitrogens with one attached hydrogen (secondary N) is 1. The monoisotopic (exact) mass is 510 g/mol. The van der Waals surface area contributed by atoms with E-state index in [1.54, 1.807) is 68.4 Å². The molecule has 3 rings (SSSR count). The molecular formula is C27H27ClN2O6. The number of esters is 2. The van der Waals surface area contributed by atoms with Crippen LogP contribution in [0.25, 0.3) is 11.1 Å². The number of pyridine rings is 1. The Bertz CT molecular complexity index is 1230. The van der Waals surface area contributed by atoms with Crippen molar-refractivity contribution in [3.63, 3.8) is 0 Å². The second-order valence-corrected chi connectivity index (χ2v) is 8.18. The summed E-state index contributed by atoms with van der Waals surface area (Å²) in [6.07, 6.45) is -0.105. The summed E-state index contributed by atoms with van der Waals surface area (Å²) in [5.41, 5.74) is 2.18. The van der Waals surface area contributed by atoms with Crippen molar-refractivity contribution in [3.8, 4) is 11.1 Å². The summed E-state index contributed by atoms with van der Waals surface area (Å²) in [5, 5.41) is 13.7. The van der Waals surface area contributed by atoms with Crippen LogP contribution < -0.4 is 5.32 Å². The molecule has 2 aromatic carbocycles. The highest BCUT2D eigenvalue weighted by Crippen LogP contribution is 2.25. The van der Waals surface area contributed by atoms with Gasteiger partial charge in [0.05, 0.1) is 24.8 Å². The third kappa shape index (κ3) is 6.68. The number of aliphatic hydroxyl groups is 1. The maximum absolute atomic E-state index is 13.2. The molecule has 3 aromatic rings. The lowest BCUT2D eigenvalue weighted by atomic mass is 9.99. The smallest absolute Gasteiger partial charge is 0.338 e. The van der Waals surface area contributed by atoms with Gasteiger partial charge in [-0.3, -0.25) is 9.78 Å². The molecule has 0 radical (unpaired) electrons. The SMILES string of the molecule is CCOC(=O)c1ccccc1-c1ccnc(C(=O)NC(Cc2ccccc2Cl)[C@@H](O)C(=O)OCC)c1. The molecule has 1 heterocycles. The van der Waals surface area contributed by atoms with E-state index in [0.29, 0.717) is 27.3 Å². The lowest BCUT2D eigenvalue weighted by molar-refractivity contribution is -0.154. The molecule has 36 heavy (non-hydrogen) atoms. The number of amides is 1. The van der Waals surface area contributed by atoms with Crippen LogP contribution in [0, 0.1) is 0 Å². The van der Waals surface area contributed by atoms with Crippen LogP contribution in [0.15, 0.2) is 66.9 Å². The van der Waals surface area contributed by atoms with Crippen molar-refractivity contribution >= 4 is 29.4 Å². The quantitative estimate of drug-likeness (QED) is 0.398. The number of carbonyl (C=O) groups excluding carboxylic acids is 3. The highest BCUT2D eigenvalue weighted by atomic mass is 35.5. The summed E-state index contributed by atoms with van der Waals surface area (Å²) < 4.78 is 10.1. The Morgan fingerprint density at radius 1 is 1.00 bits per heavy atom. The van der Waals surface area contributed by atoms with Gasteiger partial charge in [0.1, 0.15) is 5.69 Å². The highest BCUT2D eigenvalue weighted by molar-refractivity contribution is 6.31. The average molecular weight is 511 g/mol. The fraction of sp³-hybridized carbons (Fsp3) is 0.259. The van der Waals surface area contributed by atoms with Gasteiger partial charge in [-0.1, -0.05) is 48.0 Å². The van der Waals surface area contributed by atoms with Crippen LogP contribution in [0.2, 0.25) is 5.02 Å². The van der Waals surface area contributed by atoms with E-state index in [0.717, 1.165) is 0 Å². The second-order valence-electron chi connectivity index (χ2n) is 7.77. The Morgan fingerprint density at radius 2 is 1.69 bits per heavy atom. The zero-order valence-electron chi connectivity index (χ0n) is 19.9. The standard InChI is InChI=1S/C27H27ClN2O6/c1-3-35-26(33)20-11-7-6-10-19(20)17-13-14-29-23(15-17)25(32)30-22(24(31)27(34)36-4-2)16-18-9-5-8-12-21(18)28/h5-15,22,24,31H,3-4,16H2,1-2H3,(H,30,32)/t22?,24-/m1/s1. The van der Waals surface area contributed by atoms with E-state index < -0.39 is 30.0 Å². The van der Waals surface area contributed by atoms with Gasteiger partial charge in [0.15, 0.2) is 6.10 Å². The van der Waals surface area contributed by atoms with Gasteiger partial charge in [0, 0.05) is 11.2 Å². The summed E-state index contributed by atoms with van der Waals surface area (Å²) in [5.74, 6) is -1.96. The minimum Gasteiger partial charge on any atom is -0.464 e. The third-order valence-electron chi connectivity index (χ3n) is 5.35. The Labute approximate surface area is 214 Å². The molecule has 1 unspecified atom stereocenters. The molecule has 0 saturated carbocycles. The summed E-state index contributed by atoms with van der Waals surface area (Å²) >= 11 is 6.26. The first-order valence-electron chi connectivity index (χ1n) is 11.5. The third-order valence-corrected chi connectivity index (χ3v) is 5.72. The van der Waals surface area contributed by atoms with Crippen LogP contribution in [0.1, 0.15) is 40.3 Å². The zero-order valence-corrected chi connectivity index (χ0v) is 20.7. The molecule has 0 spiro atoms. The molecule has 188 valence electrons. The number of halogens is 1. The number of hydrogen-bond acceptors (Lipinski definition) is 7. The number of ether oxygens (including phenoxy) is 2. The normalized spacial score (nSPS) is 12.3. The minimum atomic E-state index is -1.63. The maximum atomic E-state index is 13.2. The molecule has 0 saturated heterocycles. The van der Waals surface area contributed by atoms with Crippen molar-refractivity contribution in [1.82, 2.24) is 10.3 Å². The summed E-state index contributed by atoms with van der Waals surface area (Å²) in [7, 11) is 0. The van der Waals surface area contributed by atoms with Crippen LogP contribution in [0.5, 0.6) is 0 Å². The number of hydrogen-bond donors (Lipinski definition) is 2. The van der Waals surface area contributed by atoms with Gasteiger partial charge in [-0.05, 0) is 61.2 Å². The Morgan fingerprint density at radius 3 is 2.42 bits per heavy atom. The van der Waals surface area contributed by atoms with Crippen molar-refractivity contribution in [1.29, 1.82) is 0 Å². The molecule has 2 atom stereocenters. The summed E-state index contributed by atoms with van der Waals surface area (Å²) in [6.45, 7) is 3.65. The molecule has 9 heteroatoms. The van der Waals surface area contributed by atoms with Crippen molar-refractivity contribution in [2.24, 2.45) is 0 Å². The fourth-order valence-corrected chi connectivity index (χ4v) is 3.83. The molecule has 0 bridgehead atoms. The van der Waals surface area contributed by atoms with Crippen LogP contribution in [0.3, 0.4) is 0 Å². The van der Waals surface area contributed by atoms with Gasteiger partial charge in [0.2, 0.25) is 0 Å². The van der Waals surface area contributed by atoms with Gasteiger partial charge < -0.3 is 19.9 Å². The first kappa shape index (κ1) is 26.8. The molecular weight excluding hydrogens is 484 g/mol. The molecule has 1 amide bonds. The molecule has 0 aliphatic rings. The first-order valence-corrected chi connectivity index (χ1v) is 11.8. The summed E-state index contributed by atoms with van der Waals surface area (Å²) in [4.78, 5) is 42.0. The van der Waals surface area contributed by atoms with Crippen LogP contribution in [0.4, 0.5) is 0 Å². The minimum absolute atomic E-state index is 0.0337.